The van der Waals surface area contributed by atoms with Gasteiger partial charge < -0.3 is 32.2 Å². The van der Waals surface area contributed by atoms with Crippen molar-refractivity contribution in [3.63, 3.8) is 0 Å². The van der Waals surface area contributed by atoms with Crippen LogP contribution in [0.4, 0.5) is 5.82 Å². The Labute approximate surface area is 207 Å². The Morgan fingerprint density at radius 2 is 2.12 bits per heavy atom. The molecule has 5 heterocycles. The molecule has 5 rings (SSSR count). The van der Waals surface area contributed by atoms with E-state index in [2.05, 4.69) is 57.3 Å². The van der Waals surface area contributed by atoms with E-state index in [1.54, 1.807) is 10.8 Å². The van der Waals surface area contributed by atoms with Crippen molar-refractivity contribution in [2.45, 2.75) is 32.7 Å². The number of H-pyrrole nitrogens is 1. The van der Waals surface area contributed by atoms with E-state index in [4.69, 9.17) is 4.98 Å². The molecule has 0 radical (unpaired) electrons. The molecule has 1 aliphatic rings. The number of aromatic amines is 1. The molecule has 4 aromatic rings. The minimum Gasteiger partial charge on any atom is -0.395 e. The van der Waals surface area contributed by atoms with Gasteiger partial charge in [-0.25, -0.2) is 4.98 Å². The monoisotopic (exact) mass is 599 g/mol. The molecule has 8 nitrogen and oxygen atoms in total. The molecule has 0 aliphatic carbocycles. The van der Waals surface area contributed by atoms with Crippen molar-refractivity contribution in [2.24, 2.45) is 0 Å². The summed E-state index contributed by atoms with van der Waals surface area (Å²) >= 11 is 0. The molecule has 168 valence electrons. The van der Waals surface area contributed by atoms with E-state index in [0.29, 0.717) is 0 Å². The molecule has 0 unspecified atom stereocenters. The van der Waals surface area contributed by atoms with Gasteiger partial charge in [0.05, 0.1) is 23.3 Å². The normalized spacial score (nSPS) is 16.4. The molecule has 0 amide bonds. The van der Waals surface area contributed by atoms with Gasteiger partial charge in [-0.3, -0.25) is 4.98 Å². The average molecular weight is 598 g/mol. The number of nitrogens with one attached hydrogen (secondary N) is 2. The average Bonchev–Trinajstić information content (AvgIpc) is 3.38. The Bertz CT molecular complexity index is 1220. The predicted molar refractivity (Wildman–Crippen MR) is 123 cm³/mol. The molecule has 1 fully saturated rings. The van der Waals surface area contributed by atoms with Crippen molar-refractivity contribution in [1.82, 2.24) is 29.9 Å². The van der Waals surface area contributed by atoms with E-state index in [9.17, 15) is 5.11 Å². The van der Waals surface area contributed by atoms with Gasteiger partial charge in [-0.15, -0.1) is 11.6 Å². The van der Waals surface area contributed by atoms with Gasteiger partial charge in [-0.1, -0.05) is 32.5 Å². The predicted octanol–water partition coefficient (Wildman–Crippen LogP) is 2.72. The molecule has 0 aromatic carbocycles. The van der Waals surface area contributed by atoms with E-state index in [-0.39, 0.29) is 51.8 Å². The SMILES string of the molecule is Cc1[c-]c(-c2[nH]c3ccc(N4CCN[C@H](CO)C4)nc3c2C(C)C)cn2ncnc12.[CH3-].[Hf]. The van der Waals surface area contributed by atoms with Gasteiger partial charge >= 0.3 is 0 Å². The molecule has 1 aliphatic heterocycles. The minimum absolute atomic E-state index is 0. The number of aromatic nitrogens is 5. The van der Waals surface area contributed by atoms with Crippen molar-refractivity contribution in [3.05, 3.63) is 49.3 Å². The van der Waals surface area contributed by atoms with Crippen LogP contribution in [0.5, 0.6) is 0 Å². The van der Waals surface area contributed by atoms with Gasteiger partial charge in [-0.2, -0.15) is 5.10 Å². The summed E-state index contributed by atoms with van der Waals surface area (Å²) in [5.74, 6) is 1.23. The summed E-state index contributed by atoms with van der Waals surface area (Å²) in [6.07, 6.45) is 3.53. The van der Waals surface area contributed by atoms with Crippen molar-refractivity contribution >= 4 is 22.5 Å². The van der Waals surface area contributed by atoms with Gasteiger partial charge in [0.25, 0.3) is 0 Å². The smallest absolute Gasteiger partial charge is 0.129 e. The standard InChI is InChI=1S/C22H26N7O.CH3.Hf/c1-13(2)19-20(15-8-14(3)22-24-12-25-29(22)9-15)26-17-4-5-18(27-21(17)19)28-7-6-23-16(10-28)11-30;;/h4-5,9,12-13,16,23,26,30H,6-7,10-11H2,1-3H3;1H3;/q2*-1;/t16-;;/m0../s1. The molecule has 0 saturated carbocycles. The number of aliphatic hydroxyl groups is 1. The summed E-state index contributed by atoms with van der Waals surface area (Å²) in [6.45, 7) is 8.97. The second kappa shape index (κ2) is 9.80. The summed E-state index contributed by atoms with van der Waals surface area (Å²) < 4.78 is 1.80. The van der Waals surface area contributed by atoms with Crippen LogP contribution in [0.2, 0.25) is 0 Å². The summed E-state index contributed by atoms with van der Waals surface area (Å²) in [7, 11) is 0. The molecule has 0 spiro atoms. The third-order valence-corrected chi connectivity index (χ3v) is 5.79. The fraction of sp³-hybridized carbons (Fsp3) is 0.391. The third-order valence-electron chi connectivity index (χ3n) is 5.79. The van der Waals surface area contributed by atoms with Crippen LogP contribution < -0.4 is 10.2 Å². The number of nitrogens with zero attached hydrogens (tertiary/aromatic N) is 5. The van der Waals surface area contributed by atoms with Crippen molar-refractivity contribution in [1.29, 1.82) is 0 Å². The number of fused-ring (bicyclic) bond motifs is 2. The Hall–Kier alpha value is -2.10. The Kier molecular flexibility index (Phi) is 7.52. The third kappa shape index (κ3) is 4.25. The Morgan fingerprint density at radius 1 is 1.31 bits per heavy atom. The molecular formula is C23H29HfN7O-2. The first-order chi connectivity index (χ1) is 14.5. The van der Waals surface area contributed by atoms with Gasteiger partial charge in [0.1, 0.15) is 12.1 Å². The van der Waals surface area contributed by atoms with Crippen LogP contribution in [0.3, 0.4) is 0 Å². The Balaban J connectivity index is 0.00000144. The molecule has 9 heteroatoms. The van der Waals surface area contributed by atoms with Crippen molar-refractivity contribution in [3.8, 4) is 11.3 Å². The van der Waals surface area contributed by atoms with E-state index in [1.807, 2.05) is 13.1 Å². The quantitative estimate of drug-likeness (QED) is 0.248. The zero-order valence-corrected chi connectivity index (χ0v) is 22.6. The first-order valence-corrected chi connectivity index (χ1v) is 10.4. The van der Waals surface area contributed by atoms with Gasteiger partial charge in [-0.05, 0) is 29.3 Å². The number of aliphatic hydroxyl groups excluding tert-OH is 1. The molecule has 3 N–H and O–H groups in total. The second-order valence-corrected chi connectivity index (χ2v) is 8.23. The summed E-state index contributed by atoms with van der Waals surface area (Å²) in [6, 6.07) is 7.71. The van der Waals surface area contributed by atoms with Crippen molar-refractivity contribution < 1.29 is 30.9 Å². The fourth-order valence-corrected chi connectivity index (χ4v) is 4.33. The van der Waals surface area contributed by atoms with Crippen LogP contribution in [0, 0.1) is 20.4 Å². The van der Waals surface area contributed by atoms with Gasteiger partial charge in [0.2, 0.25) is 0 Å². The van der Waals surface area contributed by atoms with Crippen LogP contribution in [-0.2, 0) is 25.8 Å². The van der Waals surface area contributed by atoms with E-state index < -0.39 is 0 Å². The molecule has 1 saturated heterocycles. The number of anilines is 1. The molecular weight excluding hydrogens is 569 g/mol. The minimum atomic E-state index is 0. The van der Waals surface area contributed by atoms with E-state index in [0.717, 1.165) is 59.0 Å². The zero-order chi connectivity index (χ0) is 20.8. The maximum atomic E-state index is 9.53. The van der Waals surface area contributed by atoms with Gasteiger partial charge in [0, 0.05) is 51.5 Å². The number of piperazine rings is 1. The maximum absolute atomic E-state index is 9.53. The zero-order valence-electron chi connectivity index (χ0n) is 19.0. The van der Waals surface area contributed by atoms with Crippen molar-refractivity contribution in [2.75, 3.05) is 31.1 Å². The number of aryl methyl sites for hydroxylation is 1. The van der Waals surface area contributed by atoms with Crippen LogP contribution >= 0.6 is 0 Å². The van der Waals surface area contributed by atoms with Crippen LogP contribution in [0.1, 0.15) is 30.9 Å². The van der Waals surface area contributed by atoms with E-state index in [1.165, 1.54) is 5.56 Å². The van der Waals surface area contributed by atoms with Crippen LogP contribution in [-0.4, -0.2) is 62.0 Å². The molecule has 1 atom stereocenters. The number of hydrogen-bond donors (Lipinski definition) is 3. The number of hydrogen-bond acceptors (Lipinski definition) is 6. The van der Waals surface area contributed by atoms with Gasteiger partial charge in [0.15, 0.2) is 0 Å². The molecule has 0 bridgehead atoms. The fourth-order valence-electron chi connectivity index (χ4n) is 4.33. The molecule has 4 aromatic heterocycles. The summed E-state index contributed by atoms with van der Waals surface area (Å²) in [4.78, 5) is 15.2. The first kappa shape index (κ1) is 24.5. The van der Waals surface area contributed by atoms with Crippen LogP contribution in [0.25, 0.3) is 27.9 Å². The summed E-state index contributed by atoms with van der Waals surface area (Å²) in [5.41, 5.74) is 6.93. The Morgan fingerprint density at radius 3 is 2.88 bits per heavy atom. The molecule has 32 heavy (non-hydrogen) atoms. The largest absolute Gasteiger partial charge is 0.395 e. The summed E-state index contributed by atoms with van der Waals surface area (Å²) in [5, 5.41) is 17.2. The number of pyridine rings is 2. The van der Waals surface area contributed by atoms with E-state index >= 15 is 0 Å². The number of rotatable bonds is 4. The topological polar surface area (TPSA) is 94.4 Å². The first-order valence-electron chi connectivity index (χ1n) is 10.4. The maximum Gasteiger partial charge on any atom is 0.129 e. The van der Waals surface area contributed by atoms with Crippen LogP contribution in [0.15, 0.2) is 24.7 Å². The second-order valence-electron chi connectivity index (χ2n) is 8.23.